The standard InChI is InChI=1S/C23H16Cl5NO4/c24-16-17(25)19(27)21(20(28)18(16)26)33-22(30)15(11-13-7-3-1-4-8-13)29-23(31)32-12-14-9-5-2-6-10-14/h1-10,15H,11-12H2,(H,29,31)/t15-/m0/s1. The Morgan fingerprint density at radius 3 is 1.76 bits per heavy atom. The maximum atomic E-state index is 13.0. The van der Waals surface area contributed by atoms with Crippen LogP contribution in [-0.2, 0) is 22.6 Å². The largest absolute Gasteiger partial charge is 0.445 e. The summed E-state index contributed by atoms with van der Waals surface area (Å²) >= 11 is 30.4. The van der Waals surface area contributed by atoms with Gasteiger partial charge in [0.15, 0.2) is 5.75 Å². The lowest BCUT2D eigenvalue weighted by Crippen LogP contribution is -2.44. The highest BCUT2D eigenvalue weighted by Gasteiger charge is 2.28. The molecule has 0 bridgehead atoms. The minimum atomic E-state index is -1.13. The molecule has 1 amide bonds. The highest BCUT2D eigenvalue weighted by molar-refractivity contribution is 6.55. The van der Waals surface area contributed by atoms with Crippen LogP contribution in [0.2, 0.25) is 25.1 Å². The highest BCUT2D eigenvalue weighted by Crippen LogP contribution is 2.48. The van der Waals surface area contributed by atoms with Gasteiger partial charge >= 0.3 is 12.1 Å². The smallest absolute Gasteiger partial charge is 0.408 e. The number of hydrogen-bond acceptors (Lipinski definition) is 4. The molecule has 1 N–H and O–H groups in total. The van der Waals surface area contributed by atoms with E-state index in [-0.39, 0.29) is 43.9 Å². The van der Waals surface area contributed by atoms with Gasteiger partial charge in [0.25, 0.3) is 0 Å². The fourth-order valence-corrected chi connectivity index (χ4v) is 3.99. The molecule has 1 atom stereocenters. The number of amides is 1. The number of benzene rings is 3. The number of rotatable bonds is 7. The molecule has 5 nitrogen and oxygen atoms in total. The van der Waals surface area contributed by atoms with E-state index in [1.165, 1.54) is 0 Å². The Morgan fingerprint density at radius 1 is 0.727 bits per heavy atom. The molecule has 0 aliphatic carbocycles. The average Bonchev–Trinajstić information content (AvgIpc) is 2.83. The summed E-state index contributed by atoms with van der Waals surface area (Å²) in [6.45, 7) is 0.0276. The van der Waals surface area contributed by atoms with E-state index in [0.717, 1.165) is 11.1 Å². The van der Waals surface area contributed by atoms with Crippen LogP contribution in [0, 0.1) is 0 Å². The Hall–Kier alpha value is -2.15. The first kappa shape index (κ1) is 25.5. The molecular formula is C23H16Cl5NO4. The Morgan fingerprint density at radius 2 is 1.21 bits per heavy atom. The number of ether oxygens (including phenoxy) is 2. The first-order valence-corrected chi connectivity index (χ1v) is 11.4. The second-order valence-corrected chi connectivity index (χ2v) is 8.66. The lowest BCUT2D eigenvalue weighted by Gasteiger charge is -2.19. The van der Waals surface area contributed by atoms with Crippen molar-refractivity contribution in [3.05, 3.63) is 96.9 Å². The van der Waals surface area contributed by atoms with E-state index in [1.807, 2.05) is 24.3 Å². The molecule has 0 saturated heterocycles. The van der Waals surface area contributed by atoms with Gasteiger partial charge in [0.2, 0.25) is 0 Å². The van der Waals surface area contributed by atoms with Gasteiger partial charge in [-0.2, -0.15) is 0 Å². The summed E-state index contributed by atoms with van der Waals surface area (Å²) in [5.41, 5.74) is 1.56. The predicted molar refractivity (Wildman–Crippen MR) is 131 cm³/mol. The van der Waals surface area contributed by atoms with E-state index >= 15 is 0 Å². The normalized spacial score (nSPS) is 11.5. The van der Waals surface area contributed by atoms with E-state index in [0.29, 0.717) is 0 Å². The number of esters is 1. The van der Waals surface area contributed by atoms with E-state index in [9.17, 15) is 9.59 Å². The van der Waals surface area contributed by atoms with Crippen LogP contribution in [0.4, 0.5) is 4.79 Å². The third kappa shape index (κ3) is 6.69. The van der Waals surface area contributed by atoms with Crippen molar-refractivity contribution >= 4 is 70.1 Å². The summed E-state index contributed by atoms with van der Waals surface area (Å²) in [5.74, 6) is -1.12. The Bertz CT molecular complexity index is 1110. The summed E-state index contributed by atoms with van der Waals surface area (Å²) in [4.78, 5) is 25.4. The number of halogens is 5. The molecule has 3 rings (SSSR count). The van der Waals surface area contributed by atoms with Crippen molar-refractivity contribution in [3.8, 4) is 5.75 Å². The summed E-state index contributed by atoms with van der Waals surface area (Å²) in [6.07, 6.45) is -0.689. The maximum Gasteiger partial charge on any atom is 0.408 e. The van der Waals surface area contributed by atoms with Gasteiger partial charge in [-0.15, -0.1) is 0 Å². The maximum absolute atomic E-state index is 13.0. The fourth-order valence-electron chi connectivity index (χ4n) is 2.80. The molecule has 0 fully saturated rings. The molecular weight excluding hydrogens is 532 g/mol. The van der Waals surface area contributed by atoms with Crippen molar-refractivity contribution in [2.75, 3.05) is 0 Å². The van der Waals surface area contributed by atoms with Crippen molar-refractivity contribution in [1.29, 1.82) is 0 Å². The molecule has 3 aromatic rings. The van der Waals surface area contributed by atoms with Gasteiger partial charge in [0, 0.05) is 6.42 Å². The van der Waals surface area contributed by atoms with Crippen LogP contribution in [0.15, 0.2) is 60.7 Å². The molecule has 0 aromatic heterocycles. The summed E-state index contributed by atoms with van der Waals surface area (Å²) in [6, 6.07) is 17.0. The van der Waals surface area contributed by atoms with Crippen molar-refractivity contribution in [2.45, 2.75) is 19.1 Å². The number of alkyl carbamates (subject to hydrolysis) is 1. The van der Waals surface area contributed by atoms with Crippen LogP contribution >= 0.6 is 58.0 Å². The summed E-state index contributed by atoms with van der Waals surface area (Å²) < 4.78 is 10.6. The number of hydrogen-bond donors (Lipinski definition) is 1. The zero-order valence-corrected chi connectivity index (χ0v) is 20.6. The van der Waals surface area contributed by atoms with Crippen molar-refractivity contribution in [2.24, 2.45) is 0 Å². The molecule has 0 unspecified atom stereocenters. The molecule has 3 aromatic carbocycles. The van der Waals surface area contributed by atoms with Crippen LogP contribution in [0.5, 0.6) is 5.75 Å². The number of nitrogens with one attached hydrogen (secondary N) is 1. The van der Waals surface area contributed by atoms with E-state index in [4.69, 9.17) is 67.5 Å². The van der Waals surface area contributed by atoms with Crippen molar-refractivity contribution in [3.63, 3.8) is 0 Å². The minimum absolute atomic E-state index is 0.0276. The lowest BCUT2D eigenvalue weighted by molar-refractivity contribution is -0.136. The predicted octanol–water partition coefficient (Wildman–Crippen LogP) is 7.40. The third-order valence-corrected chi connectivity index (χ3v) is 6.69. The van der Waals surface area contributed by atoms with Crippen LogP contribution in [-0.4, -0.2) is 18.1 Å². The van der Waals surface area contributed by atoms with Crippen molar-refractivity contribution in [1.82, 2.24) is 5.32 Å². The summed E-state index contributed by atoms with van der Waals surface area (Å²) in [5, 5.41) is 1.84. The number of carbonyl (C=O) groups excluding carboxylic acids is 2. The average molecular weight is 548 g/mol. The minimum Gasteiger partial charge on any atom is -0.445 e. The SMILES string of the molecule is O=C(N[C@@H](Cc1ccccc1)C(=O)Oc1c(Cl)c(Cl)c(Cl)c(Cl)c1Cl)OCc1ccccc1. The lowest BCUT2D eigenvalue weighted by atomic mass is 10.1. The molecule has 0 aliphatic heterocycles. The molecule has 0 spiro atoms. The van der Waals surface area contributed by atoms with E-state index in [2.05, 4.69) is 5.32 Å². The van der Waals surface area contributed by atoms with E-state index in [1.54, 1.807) is 36.4 Å². The molecule has 0 radical (unpaired) electrons. The first-order valence-electron chi connectivity index (χ1n) is 9.52. The second kappa shape index (κ2) is 11.8. The van der Waals surface area contributed by atoms with Crippen LogP contribution < -0.4 is 10.1 Å². The monoisotopic (exact) mass is 545 g/mol. The Labute approximate surface area is 215 Å². The quantitative estimate of drug-likeness (QED) is 0.145. The Balaban J connectivity index is 1.79. The molecule has 33 heavy (non-hydrogen) atoms. The van der Waals surface area contributed by atoms with Crippen LogP contribution in [0.3, 0.4) is 0 Å². The van der Waals surface area contributed by atoms with Gasteiger partial charge in [-0.1, -0.05) is 119 Å². The second-order valence-electron chi connectivity index (χ2n) is 6.77. The molecule has 0 aliphatic rings. The topological polar surface area (TPSA) is 64.6 Å². The summed E-state index contributed by atoms with van der Waals surface area (Å²) in [7, 11) is 0. The fraction of sp³-hybridized carbons (Fsp3) is 0.130. The number of carbonyl (C=O) groups is 2. The molecule has 0 heterocycles. The van der Waals surface area contributed by atoms with Crippen molar-refractivity contribution < 1.29 is 19.1 Å². The van der Waals surface area contributed by atoms with Gasteiger partial charge in [-0.05, 0) is 11.1 Å². The van der Waals surface area contributed by atoms with Gasteiger partial charge < -0.3 is 14.8 Å². The van der Waals surface area contributed by atoms with Gasteiger partial charge in [0.05, 0.1) is 15.1 Å². The van der Waals surface area contributed by atoms with Gasteiger partial charge in [-0.3, -0.25) is 0 Å². The third-order valence-electron chi connectivity index (χ3n) is 4.44. The van der Waals surface area contributed by atoms with Crippen LogP contribution in [0.1, 0.15) is 11.1 Å². The van der Waals surface area contributed by atoms with Gasteiger partial charge in [0.1, 0.15) is 22.7 Å². The zero-order valence-electron chi connectivity index (χ0n) is 16.8. The molecule has 10 heteroatoms. The van der Waals surface area contributed by atoms with Crippen LogP contribution in [0.25, 0.3) is 0 Å². The zero-order chi connectivity index (χ0) is 24.0. The van der Waals surface area contributed by atoms with Gasteiger partial charge in [-0.25, -0.2) is 9.59 Å². The Kier molecular flexibility index (Phi) is 9.12. The van der Waals surface area contributed by atoms with E-state index < -0.39 is 18.1 Å². The molecule has 172 valence electrons. The molecule has 0 saturated carbocycles. The first-order chi connectivity index (χ1) is 15.8. The highest BCUT2D eigenvalue weighted by atomic mass is 35.5.